The summed E-state index contributed by atoms with van der Waals surface area (Å²) in [6.07, 6.45) is 0. The fourth-order valence-corrected chi connectivity index (χ4v) is 5.81. The fourth-order valence-electron chi connectivity index (χ4n) is 2.97. The number of benzene rings is 2. The van der Waals surface area contributed by atoms with Crippen LogP contribution in [0, 0.1) is 5.82 Å². The number of anilines is 1. The van der Waals surface area contributed by atoms with Crippen molar-refractivity contribution < 1.29 is 26.0 Å². The van der Waals surface area contributed by atoms with Gasteiger partial charge in [-0.2, -0.15) is 8.61 Å². The van der Waals surface area contributed by atoms with Crippen LogP contribution in [-0.2, 0) is 24.8 Å². The summed E-state index contributed by atoms with van der Waals surface area (Å²) < 4.78 is 66.4. The van der Waals surface area contributed by atoms with Gasteiger partial charge in [0.15, 0.2) is 0 Å². The van der Waals surface area contributed by atoms with Crippen LogP contribution in [0.3, 0.4) is 0 Å². The summed E-state index contributed by atoms with van der Waals surface area (Å²) in [5, 5.41) is 2.56. The molecule has 0 aromatic heterocycles. The largest absolute Gasteiger partial charge is 0.326 e. The molecule has 0 bridgehead atoms. The highest BCUT2D eigenvalue weighted by atomic mass is 32.2. The maximum Gasteiger partial charge on any atom is 0.243 e. The third-order valence-corrected chi connectivity index (χ3v) is 8.29. The van der Waals surface area contributed by atoms with Gasteiger partial charge in [-0.15, -0.1) is 0 Å². The van der Waals surface area contributed by atoms with E-state index in [0.29, 0.717) is 5.69 Å². The van der Waals surface area contributed by atoms with E-state index in [9.17, 15) is 26.0 Å². The fraction of sp³-hybridized carbons (Fsp3) is 0.278. The van der Waals surface area contributed by atoms with Gasteiger partial charge in [0, 0.05) is 38.8 Å². The first kappa shape index (κ1) is 21.4. The van der Waals surface area contributed by atoms with Gasteiger partial charge >= 0.3 is 0 Å². The number of carbonyl (C=O) groups is 1. The summed E-state index contributed by atoms with van der Waals surface area (Å²) in [4.78, 5) is 11.1. The van der Waals surface area contributed by atoms with E-state index in [2.05, 4.69) is 5.32 Å². The zero-order valence-electron chi connectivity index (χ0n) is 15.6. The monoisotopic (exact) mass is 441 g/mol. The minimum absolute atomic E-state index is 0.00376. The molecule has 0 atom stereocenters. The summed E-state index contributed by atoms with van der Waals surface area (Å²) in [7, 11) is -7.62. The van der Waals surface area contributed by atoms with E-state index in [-0.39, 0.29) is 41.9 Å². The Kier molecular flexibility index (Phi) is 6.03. The van der Waals surface area contributed by atoms with E-state index in [1.165, 1.54) is 51.9 Å². The Morgan fingerprint density at radius 1 is 0.793 bits per heavy atom. The van der Waals surface area contributed by atoms with Crippen molar-refractivity contribution in [2.45, 2.75) is 16.7 Å². The van der Waals surface area contributed by atoms with Crippen molar-refractivity contribution in [3.8, 4) is 0 Å². The van der Waals surface area contributed by atoms with Gasteiger partial charge in [0.25, 0.3) is 0 Å². The van der Waals surface area contributed by atoms with E-state index in [4.69, 9.17) is 0 Å². The summed E-state index contributed by atoms with van der Waals surface area (Å²) in [5.41, 5.74) is 0.478. The van der Waals surface area contributed by atoms with Gasteiger partial charge in [-0.05, 0) is 48.5 Å². The molecule has 0 spiro atoms. The van der Waals surface area contributed by atoms with Crippen molar-refractivity contribution in [1.29, 1.82) is 0 Å². The highest BCUT2D eigenvalue weighted by Gasteiger charge is 2.33. The molecule has 0 unspecified atom stereocenters. The first-order valence-corrected chi connectivity index (χ1v) is 11.6. The number of carbonyl (C=O) groups excluding carboxylic acids is 1. The van der Waals surface area contributed by atoms with Gasteiger partial charge in [-0.25, -0.2) is 21.2 Å². The van der Waals surface area contributed by atoms with E-state index >= 15 is 0 Å². The van der Waals surface area contributed by atoms with Crippen molar-refractivity contribution in [2.24, 2.45) is 0 Å². The number of amides is 1. The predicted molar refractivity (Wildman–Crippen MR) is 105 cm³/mol. The number of nitrogens with zero attached hydrogens (tertiary/aromatic N) is 2. The molecular weight excluding hydrogens is 421 g/mol. The summed E-state index contributed by atoms with van der Waals surface area (Å²) >= 11 is 0. The minimum Gasteiger partial charge on any atom is -0.326 e. The van der Waals surface area contributed by atoms with Crippen molar-refractivity contribution in [2.75, 3.05) is 31.5 Å². The molecule has 1 fully saturated rings. The smallest absolute Gasteiger partial charge is 0.243 e. The van der Waals surface area contributed by atoms with Crippen molar-refractivity contribution in [3.63, 3.8) is 0 Å². The zero-order valence-corrected chi connectivity index (χ0v) is 17.2. The number of rotatable bonds is 5. The molecule has 0 aliphatic carbocycles. The molecule has 1 aliphatic heterocycles. The second kappa shape index (κ2) is 8.19. The van der Waals surface area contributed by atoms with Gasteiger partial charge in [0.1, 0.15) is 5.82 Å². The van der Waals surface area contributed by atoms with Gasteiger partial charge in [0.05, 0.1) is 9.79 Å². The maximum absolute atomic E-state index is 13.0. The highest BCUT2D eigenvalue weighted by Crippen LogP contribution is 2.23. The molecule has 2 aromatic rings. The number of sulfonamides is 2. The van der Waals surface area contributed by atoms with E-state index in [1.54, 1.807) is 0 Å². The molecule has 1 N–H and O–H groups in total. The van der Waals surface area contributed by atoms with Crippen LogP contribution in [0.15, 0.2) is 58.3 Å². The predicted octanol–water partition coefficient (Wildman–Crippen LogP) is 1.48. The SMILES string of the molecule is CC(=O)Nc1ccc(S(=O)(=O)N2CCN(S(=O)(=O)c3ccc(F)cc3)CC2)cc1. The Labute approximate surface area is 169 Å². The Bertz CT molecular complexity index is 1090. The number of hydrogen-bond donors (Lipinski definition) is 1. The highest BCUT2D eigenvalue weighted by molar-refractivity contribution is 7.89. The number of piperazine rings is 1. The molecule has 1 saturated heterocycles. The Morgan fingerprint density at radius 2 is 1.17 bits per heavy atom. The van der Waals surface area contributed by atoms with E-state index in [0.717, 1.165) is 12.1 Å². The van der Waals surface area contributed by atoms with Crippen LogP contribution in [0.4, 0.5) is 10.1 Å². The number of nitrogens with one attached hydrogen (secondary N) is 1. The lowest BCUT2D eigenvalue weighted by Crippen LogP contribution is -2.50. The van der Waals surface area contributed by atoms with Crippen LogP contribution in [0.25, 0.3) is 0 Å². The second-order valence-corrected chi connectivity index (χ2v) is 10.3. The average Bonchev–Trinajstić information content (AvgIpc) is 2.68. The second-order valence-electron chi connectivity index (χ2n) is 6.47. The lowest BCUT2D eigenvalue weighted by Gasteiger charge is -2.33. The molecule has 2 aromatic carbocycles. The third kappa shape index (κ3) is 4.64. The lowest BCUT2D eigenvalue weighted by atomic mass is 10.3. The van der Waals surface area contributed by atoms with Crippen LogP contribution in [0.1, 0.15) is 6.92 Å². The van der Waals surface area contributed by atoms with Crippen LogP contribution in [0.2, 0.25) is 0 Å². The van der Waals surface area contributed by atoms with E-state index in [1.807, 2.05) is 0 Å². The van der Waals surface area contributed by atoms with E-state index < -0.39 is 25.9 Å². The van der Waals surface area contributed by atoms with Crippen molar-refractivity contribution in [3.05, 3.63) is 54.3 Å². The Morgan fingerprint density at radius 3 is 1.55 bits per heavy atom. The van der Waals surface area contributed by atoms with Gasteiger partial charge in [-0.3, -0.25) is 4.79 Å². The molecule has 29 heavy (non-hydrogen) atoms. The average molecular weight is 442 g/mol. The molecule has 1 aliphatic rings. The first-order valence-electron chi connectivity index (χ1n) is 8.74. The summed E-state index contributed by atoms with van der Waals surface area (Å²) in [5.74, 6) is -0.802. The minimum atomic E-state index is -3.82. The summed E-state index contributed by atoms with van der Waals surface area (Å²) in [6.45, 7) is 1.32. The number of hydrogen-bond acceptors (Lipinski definition) is 5. The zero-order chi connectivity index (χ0) is 21.2. The third-order valence-electron chi connectivity index (χ3n) is 4.46. The first-order chi connectivity index (χ1) is 13.6. The molecule has 1 heterocycles. The summed E-state index contributed by atoms with van der Waals surface area (Å²) in [6, 6.07) is 10.3. The topological polar surface area (TPSA) is 104 Å². The Balaban J connectivity index is 1.71. The quantitative estimate of drug-likeness (QED) is 0.757. The van der Waals surface area contributed by atoms with Crippen LogP contribution in [-0.4, -0.2) is 57.5 Å². The van der Waals surface area contributed by atoms with Crippen molar-refractivity contribution >= 4 is 31.6 Å². The molecule has 1 amide bonds. The normalized spacial score (nSPS) is 16.5. The molecular formula is C18H20FN3O5S2. The van der Waals surface area contributed by atoms with Gasteiger partial charge in [0.2, 0.25) is 26.0 Å². The molecule has 8 nitrogen and oxygen atoms in total. The van der Waals surface area contributed by atoms with Crippen molar-refractivity contribution in [1.82, 2.24) is 8.61 Å². The van der Waals surface area contributed by atoms with Gasteiger partial charge < -0.3 is 5.32 Å². The molecule has 3 rings (SSSR count). The van der Waals surface area contributed by atoms with Gasteiger partial charge in [-0.1, -0.05) is 0 Å². The standard InChI is InChI=1S/C18H20FN3O5S2/c1-14(23)20-16-4-8-18(9-5-16)29(26,27)22-12-10-21(11-13-22)28(24,25)17-6-2-15(19)3-7-17/h2-9H,10-13H2,1H3,(H,20,23). The van der Waals surface area contributed by atoms with Crippen LogP contribution < -0.4 is 5.32 Å². The van der Waals surface area contributed by atoms with Crippen LogP contribution in [0.5, 0.6) is 0 Å². The molecule has 0 saturated carbocycles. The van der Waals surface area contributed by atoms with Crippen LogP contribution >= 0.6 is 0 Å². The maximum atomic E-state index is 13.0. The molecule has 156 valence electrons. The molecule has 11 heteroatoms. The lowest BCUT2D eigenvalue weighted by molar-refractivity contribution is -0.114. The Hall–Kier alpha value is -2.34. The molecule has 0 radical (unpaired) electrons. The number of halogens is 1.